The molecule has 3 rings (SSSR count). The van der Waals surface area contributed by atoms with E-state index < -0.39 is 0 Å². The van der Waals surface area contributed by atoms with Gasteiger partial charge in [-0.2, -0.15) is 0 Å². The molecule has 0 N–H and O–H groups in total. The molecule has 0 radical (unpaired) electrons. The third-order valence-corrected chi connectivity index (χ3v) is 5.04. The zero-order valence-corrected chi connectivity index (χ0v) is 13.7. The van der Waals surface area contributed by atoms with Gasteiger partial charge in [-0.25, -0.2) is 0 Å². The zero-order valence-electron chi connectivity index (χ0n) is 12.9. The number of amides is 1. The fourth-order valence-corrected chi connectivity index (χ4v) is 3.80. The van der Waals surface area contributed by atoms with E-state index in [-0.39, 0.29) is 17.6 Å². The first-order valence-corrected chi connectivity index (χ1v) is 8.63. The van der Waals surface area contributed by atoms with E-state index in [9.17, 15) is 9.59 Å². The predicted octanol–water partition coefficient (Wildman–Crippen LogP) is 4.02. The van der Waals surface area contributed by atoms with E-state index in [2.05, 4.69) is 6.58 Å². The Morgan fingerprint density at radius 1 is 1.30 bits per heavy atom. The van der Waals surface area contributed by atoms with Crippen molar-refractivity contribution in [3.05, 3.63) is 70.4 Å². The Hall–Kier alpha value is -2.20. The quantitative estimate of drug-likeness (QED) is 0.779. The summed E-state index contributed by atoms with van der Waals surface area (Å²) in [6.07, 6.45) is 2.78. The van der Waals surface area contributed by atoms with Gasteiger partial charge in [-0.1, -0.05) is 36.4 Å². The lowest BCUT2D eigenvalue weighted by molar-refractivity contribution is -0.133. The molecule has 0 saturated heterocycles. The van der Waals surface area contributed by atoms with Gasteiger partial charge in [0, 0.05) is 23.4 Å². The molecule has 1 atom stereocenters. The van der Waals surface area contributed by atoms with Crippen LogP contribution in [0.1, 0.15) is 39.6 Å². The highest BCUT2D eigenvalue weighted by Crippen LogP contribution is 2.33. The molecule has 1 aromatic carbocycles. The van der Waals surface area contributed by atoms with Crippen molar-refractivity contribution in [1.29, 1.82) is 0 Å². The van der Waals surface area contributed by atoms with E-state index in [0.717, 1.165) is 10.4 Å². The van der Waals surface area contributed by atoms with Gasteiger partial charge in [0.1, 0.15) is 0 Å². The summed E-state index contributed by atoms with van der Waals surface area (Å²) in [6.45, 7) is 4.88. The van der Waals surface area contributed by atoms with Gasteiger partial charge in [0.2, 0.25) is 5.91 Å². The minimum Gasteiger partial charge on any atom is -0.333 e. The summed E-state index contributed by atoms with van der Waals surface area (Å²) in [4.78, 5) is 28.1. The number of hydrogen-bond donors (Lipinski definition) is 0. The summed E-state index contributed by atoms with van der Waals surface area (Å²) < 4.78 is 0. The van der Waals surface area contributed by atoms with Crippen LogP contribution < -0.4 is 0 Å². The summed E-state index contributed by atoms with van der Waals surface area (Å²) in [5, 5.41) is 2.01. The number of carbonyl (C=O) groups is 2. The lowest BCUT2D eigenvalue weighted by Crippen LogP contribution is -2.36. The van der Waals surface area contributed by atoms with Crippen molar-refractivity contribution in [2.45, 2.75) is 25.3 Å². The van der Waals surface area contributed by atoms with Crippen molar-refractivity contribution in [3.63, 3.8) is 0 Å². The van der Waals surface area contributed by atoms with Gasteiger partial charge < -0.3 is 4.90 Å². The Morgan fingerprint density at radius 2 is 2.13 bits per heavy atom. The first kappa shape index (κ1) is 15.7. The second-order valence-electron chi connectivity index (χ2n) is 5.69. The van der Waals surface area contributed by atoms with Crippen LogP contribution in [0.3, 0.4) is 0 Å². The van der Waals surface area contributed by atoms with Crippen molar-refractivity contribution < 1.29 is 9.59 Å². The highest BCUT2D eigenvalue weighted by atomic mass is 32.1. The number of hydrogen-bond acceptors (Lipinski definition) is 3. The molecule has 0 bridgehead atoms. The SMILES string of the molecule is C=CCN(Cc1cccs1)C(=O)[C@@H]1CCC(=O)c2ccccc21. The average Bonchev–Trinajstić information content (AvgIpc) is 3.08. The molecule has 118 valence electrons. The summed E-state index contributed by atoms with van der Waals surface area (Å²) >= 11 is 1.64. The molecule has 0 aliphatic heterocycles. The maximum atomic E-state index is 13.1. The van der Waals surface area contributed by atoms with Gasteiger partial charge in [-0.15, -0.1) is 17.9 Å². The topological polar surface area (TPSA) is 37.4 Å². The molecule has 23 heavy (non-hydrogen) atoms. The summed E-state index contributed by atoms with van der Waals surface area (Å²) in [5.41, 5.74) is 1.57. The highest BCUT2D eigenvalue weighted by Gasteiger charge is 2.32. The smallest absolute Gasteiger partial charge is 0.230 e. The predicted molar refractivity (Wildman–Crippen MR) is 92.7 cm³/mol. The van der Waals surface area contributed by atoms with Crippen LogP contribution in [0.4, 0.5) is 0 Å². The van der Waals surface area contributed by atoms with E-state index in [1.807, 2.05) is 46.7 Å². The molecule has 1 amide bonds. The van der Waals surface area contributed by atoms with Gasteiger partial charge >= 0.3 is 0 Å². The maximum Gasteiger partial charge on any atom is 0.230 e. The van der Waals surface area contributed by atoms with Gasteiger partial charge in [-0.3, -0.25) is 9.59 Å². The minimum absolute atomic E-state index is 0.0817. The van der Waals surface area contributed by atoms with E-state index >= 15 is 0 Å². The third-order valence-electron chi connectivity index (χ3n) is 4.18. The second kappa shape index (κ2) is 6.92. The first-order valence-electron chi connectivity index (χ1n) is 7.75. The summed E-state index contributed by atoms with van der Waals surface area (Å²) in [7, 11) is 0. The van der Waals surface area contributed by atoms with Crippen molar-refractivity contribution in [2.75, 3.05) is 6.54 Å². The zero-order chi connectivity index (χ0) is 16.2. The lowest BCUT2D eigenvalue weighted by Gasteiger charge is -2.29. The van der Waals surface area contributed by atoms with Gasteiger partial charge in [0.25, 0.3) is 0 Å². The van der Waals surface area contributed by atoms with Crippen LogP contribution in [0, 0.1) is 0 Å². The fraction of sp³-hybridized carbons (Fsp3) is 0.263. The van der Waals surface area contributed by atoms with Crippen LogP contribution in [0.15, 0.2) is 54.4 Å². The van der Waals surface area contributed by atoms with E-state index in [1.54, 1.807) is 17.4 Å². The largest absolute Gasteiger partial charge is 0.333 e. The van der Waals surface area contributed by atoms with Gasteiger partial charge in [-0.05, 0) is 23.4 Å². The molecule has 0 spiro atoms. The normalized spacial score (nSPS) is 16.7. The highest BCUT2D eigenvalue weighted by molar-refractivity contribution is 7.09. The molecule has 3 nitrogen and oxygen atoms in total. The molecule has 1 aromatic heterocycles. The number of benzene rings is 1. The summed E-state index contributed by atoms with van der Waals surface area (Å²) in [5.74, 6) is -0.0137. The number of nitrogens with zero attached hydrogens (tertiary/aromatic N) is 1. The molecule has 0 fully saturated rings. The van der Waals surface area contributed by atoms with Crippen molar-refractivity contribution in [3.8, 4) is 0 Å². The molecule has 1 aliphatic carbocycles. The average molecular weight is 325 g/mol. The van der Waals surface area contributed by atoms with Crippen molar-refractivity contribution in [2.24, 2.45) is 0 Å². The van der Waals surface area contributed by atoms with Crippen molar-refractivity contribution in [1.82, 2.24) is 4.90 Å². The van der Waals surface area contributed by atoms with Crippen LogP contribution in [-0.2, 0) is 11.3 Å². The Balaban J connectivity index is 1.87. The first-order chi connectivity index (χ1) is 11.2. The molecule has 4 heteroatoms. The van der Waals surface area contributed by atoms with Crippen molar-refractivity contribution >= 4 is 23.0 Å². The Labute approximate surface area is 140 Å². The van der Waals surface area contributed by atoms with Gasteiger partial charge in [0.05, 0.1) is 12.5 Å². The molecular formula is C19H19NO2S. The van der Waals surface area contributed by atoms with Crippen LogP contribution in [0.5, 0.6) is 0 Å². The monoisotopic (exact) mass is 325 g/mol. The number of rotatable bonds is 5. The maximum absolute atomic E-state index is 13.1. The van der Waals surface area contributed by atoms with Crippen LogP contribution in [-0.4, -0.2) is 23.1 Å². The van der Waals surface area contributed by atoms with Gasteiger partial charge in [0.15, 0.2) is 5.78 Å². The lowest BCUT2D eigenvalue weighted by atomic mass is 9.81. The standard InChI is InChI=1S/C19H19NO2S/c1-2-11-20(13-14-6-5-12-23-14)19(22)17-9-10-18(21)16-8-4-3-7-15(16)17/h2-8,12,17H,1,9-11,13H2/t17-/m1/s1. The van der Waals surface area contributed by atoms with Crippen LogP contribution >= 0.6 is 11.3 Å². The second-order valence-corrected chi connectivity index (χ2v) is 6.72. The molecule has 0 unspecified atom stereocenters. The number of ketones is 1. The molecule has 2 aromatic rings. The van der Waals surface area contributed by atoms with E-state index in [4.69, 9.17) is 0 Å². The molecular weight excluding hydrogens is 306 g/mol. The Bertz CT molecular complexity index is 721. The van der Waals surface area contributed by atoms with E-state index in [0.29, 0.717) is 31.5 Å². The molecule has 1 heterocycles. The molecule has 1 aliphatic rings. The number of fused-ring (bicyclic) bond motifs is 1. The Morgan fingerprint density at radius 3 is 2.87 bits per heavy atom. The number of carbonyl (C=O) groups excluding carboxylic acids is 2. The van der Waals surface area contributed by atoms with Crippen LogP contribution in [0.2, 0.25) is 0 Å². The van der Waals surface area contributed by atoms with E-state index in [1.165, 1.54) is 0 Å². The number of thiophene rings is 1. The Kier molecular flexibility index (Phi) is 4.72. The fourth-order valence-electron chi connectivity index (χ4n) is 3.08. The van der Waals surface area contributed by atoms with Crippen LogP contribution in [0.25, 0.3) is 0 Å². The third kappa shape index (κ3) is 3.27. The minimum atomic E-state index is -0.233. The molecule has 0 saturated carbocycles. The number of Topliss-reactive ketones (excluding diaryl/α,β-unsaturated/α-hetero) is 1. The summed E-state index contributed by atoms with van der Waals surface area (Å²) in [6, 6.07) is 11.5.